The van der Waals surface area contributed by atoms with Crippen LogP contribution in [0, 0.1) is 6.92 Å². The summed E-state index contributed by atoms with van der Waals surface area (Å²) in [5.74, 6) is 2.50. The normalized spacial score (nSPS) is 11.6. The molecule has 0 aliphatic carbocycles. The van der Waals surface area contributed by atoms with Crippen molar-refractivity contribution in [2.45, 2.75) is 33.1 Å². The van der Waals surface area contributed by atoms with Gasteiger partial charge in [-0.05, 0) is 19.1 Å². The Morgan fingerprint density at radius 2 is 1.83 bits per heavy atom. The highest BCUT2D eigenvalue weighted by Crippen LogP contribution is 2.25. The van der Waals surface area contributed by atoms with Crippen LogP contribution in [0.1, 0.15) is 32.4 Å². The number of para-hydroxylation sites is 2. The van der Waals surface area contributed by atoms with E-state index < -0.39 is 0 Å². The minimum Gasteiger partial charge on any atom is -0.494 e. The molecular formula is C14H19N3O. The molecule has 0 atom stereocenters. The van der Waals surface area contributed by atoms with Gasteiger partial charge in [-0.2, -0.15) is 5.10 Å². The third-order valence-electron chi connectivity index (χ3n) is 2.75. The third kappa shape index (κ3) is 2.23. The fourth-order valence-corrected chi connectivity index (χ4v) is 1.74. The first kappa shape index (κ1) is 12.6. The van der Waals surface area contributed by atoms with E-state index in [1.807, 2.05) is 35.9 Å². The van der Waals surface area contributed by atoms with Crippen LogP contribution in [0.4, 0.5) is 0 Å². The van der Waals surface area contributed by atoms with Crippen LogP contribution in [0.5, 0.6) is 5.75 Å². The molecule has 4 heteroatoms. The minimum absolute atomic E-state index is 0.0575. The number of nitrogens with zero attached hydrogens (tertiary/aromatic N) is 3. The molecule has 0 radical (unpaired) electrons. The number of rotatable bonds is 2. The predicted octanol–water partition coefficient (Wildman–Crippen LogP) is 2.88. The van der Waals surface area contributed by atoms with Crippen LogP contribution < -0.4 is 4.74 Å². The van der Waals surface area contributed by atoms with Crippen LogP contribution in [-0.4, -0.2) is 21.9 Å². The zero-order chi connectivity index (χ0) is 13.3. The van der Waals surface area contributed by atoms with Crippen LogP contribution in [0.2, 0.25) is 0 Å². The first-order valence-electron chi connectivity index (χ1n) is 6.01. The van der Waals surface area contributed by atoms with Crippen molar-refractivity contribution in [3.05, 3.63) is 35.9 Å². The summed E-state index contributed by atoms with van der Waals surface area (Å²) in [6.45, 7) is 8.27. The number of aryl methyl sites for hydroxylation is 1. The standard InChI is InChI=1S/C14H19N3O/c1-10-15-13(14(2,3)4)16-17(10)11-8-6-7-9-12(11)18-5/h6-9H,1-5H3. The predicted molar refractivity (Wildman–Crippen MR) is 71.3 cm³/mol. The Bertz CT molecular complexity index is 552. The number of aromatic nitrogens is 3. The van der Waals surface area contributed by atoms with Crippen molar-refractivity contribution in [3.63, 3.8) is 0 Å². The van der Waals surface area contributed by atoms with E-state index in [1.54, 1.807) is 7.11 Å². The monoisotopic (exact) mass is 245 g/mol. The van der Waals surface area contributed by atoms with Crippen LogP contribution in [0.15, 0.2) is 24.3 Å². The quantitative estimate of drug-likeness (QED) is 0.816. The highest BCUT2D eigenvalue weighted by Gasteiger charge is 2.21. The molecule has 0 amide bonds. The Morgan fingerprint density at radius 1 is 1.17 bits per heavy atom. The van der Waals surface area contributed by atoms with E-state index in [0.29, 0.717) is 0 Å². The maximum atomic E-state index is 5.36. The van der Waals surface area contributed by atoms with Gasteiger partial charge in [-0.25, -0.2) is 9.67 Å². The second kappa shape index (κ2) is 4.44. The lowest BCUT2D eigenvalue weighted by molar-refractivity contribution is 0.411. The van der Waals surface area contributed by atoms with E-state index >= 15 is 0 Å². The molecule has 2 rings (SSSR count). The molecular weight excluding hydrogens is 226 g/mol. The molecule has 0 saturated carbocycles. The first-order valence-corrected chi connectivity index (χ1v) is 6.01. The fraction of sp³-hybridized carbons (Fsp3) is 0.429. The molecule has 1 heterocycles. The van der Waals surface area contributed by atoms with Gasteiger partial charge in [0.2, 0.25) is 0 Å². The highest BCUT2D eigenvalue weighted by molar-refractivity contribution is 5.46. The lowest BCUT2D eigenvalue weighted by Gasteiger charge is -2.12. The molecule has 1 aromatic heterocycles. The lowest BCUT2D eigenvalue weighted by atomic mass is 9.96. The van der Waals surface area contributed by atoms with Gasteiger partial charge in [-0.3, -0.25) is 0 Å². The zero-order valence-corrected chi connectivity index (χ0v) is 11.6. The summed E-state index contributed by atoms with van der Waals surface area (Å²) in [5.41, 5.74) is 0.860. The van der Waals surface area contributed by atoms with Crippen LogP contribution in [-0.2, 0) is 5.41 Å². The summed E-state index contributed by atoms with van der Waals surface area (Å²) in [7, 11) is 1.66. The van der Waals surface area contributed by atoms with E-state index in [1.165, 1.54) is 0 Å². The summed E-state index contributed by atoms with van der Waals surface area (Å²) in [5, 5.41) is 4.59. The van der Waals surface area contributed by atoms with Crippen molar-refractivity contribution < 1.29 is 4.74 Å². The SMILES string of the molecule is COc1ccccc1-n1nc(C(C)(C)C)nc1C. The van der Waals surface area contributed by atoms with Gasteiger partial charge >= 0.3 is 0 Å². The van der Waals surface area contributed by atoms with Gasteiger partial charge in [0, 0.05) is 5.41 Å². The van der Waals surface area contributed by atoms with Crippen molar-refractivity contribution in [2.75, 3.05) is 7.11 Å². The van der Waals surface area contributed by atoms with Gasteiger partial charge in [-0.15, -0.1) is 0 Å². The Hall–Kier alpha value is -1.84. The van der Waals surface area contributed by atoms with Crippen LogP contribution in [0.3, 0.4) is 0 Å². The Labute approximate surface area is 108 Å². The Morgan fingerprint density at radius 3 is 2.39 bits per heavy atom. The molecule has 0 aliphatic heterocycles. The second-order valence-corrected chi connectivity index (χ2v) is 5.32. The van der Waals surface area contributed by atoms with Gasteiger partial charge in [-0.1, -0.05) is 32.9 Å². The van der Waals surface area contributed by atoms with Crippen LogP contribution in [0.25, 0.3) is 5.69 Å². The molecule has 0 fully saturated rings. The first-order chi connectivity index (χ1) is 8.43. The van der Waals surface area contributed by atoms with E-state index in [-0.39, 0.29) is 5.41 Å². The van der Waals surface area contributed by atoms with Gasteiger partial charge in [0.25, 0.3) is 0 Å². The molecule has 1 aromatic carbocycles. The average molecular weight is 245 g/mol. The largest absolute Gasteiger partial charge is 0.494 e. The van der Waals surface area contributed by atoms with Crippen molar-refractivity contribution in [2.24, 2.45) is 0 Å². The Balaban J connectivity index is 2.55. The molecule has 0 bridgehead atoms. The highest BCUT2D eigenvalue weighted by atomic mass is 16.5. The van der Waals surface area contributed by atoms with Crippen LogP contribution >= 0.6 is 0 Å². The summed E-state index contributed by atoms with van der Waals surface area (Å²) < 4.78 is 7.19. The zero-order valence-electron chi connectivity index (χ0n) is 11.6. The molecule has 0 N–H and O–H groups in total. The van der Waals surface area contributed by atoms with Crippen molar-refractivity contribution in [1.29, 1.82) is 0 Å². The number of benzene rings is 1. The fourth-order valence-electron chi connectivity index (χ4n) is 1.74. The van der Waals surface area contributed by atoms with E-state index in [2.05, 4.69) is 30.9 Å². The van der Waals surface area contributed by atoms with Gasteiger partial charge in [0.1, 0.15) is 17.3 Å². The third-order valence-corrected chi connectivity index (χ3v) is 2.75. The van der Waals surface area contributed by atoms with Crippen molar-refractivity contribution >= 4 is 0 Å². The van der Waals surface area contributed by atoms with Gasteiger partial charge in [0.15, 0.2) is 5.82 Å². The van der Waals surface area contributed by atoms with Crippen molar-refractivity contribution in [1.82, 2.24) is 14.8 Å². The molecule has 0 spiro atoms. The number of methoxy groups -OCH3 is 1. The molecule has 0 aliphatic rings. The number of hydrogen-bond donors (Lipinski definition) is 0. The molecule has 96 valence electrons. The molecule has 4 nitrogen and oxygen atoms in total. The maximum absolute atomic E-state index is 5.36. The molecule has 18 heavy (non-hydrogen) atoms. The molecule has 0 unspecified atom stereocenters. The molecule has 0 saturated heterocycles. The summed E-state index contributed by atoms with van der Waals surface area (Å²) >= 11 is 0. The Kier molecular flexibility index (Phi) is 3.11. The topological polar surface area (TPSA) is 39.9 Å². The average Bonchev–Trinajstić information content (AvgIpc) is 2.71. The smallest absolute Gasteiger partial charge is 0.156 e. The summed E-state index contributed by atoms with van der Waals surface area (Å²) in [6, 6.07) is 7.81. The summed E-state index contributed by atoms with van der Waals surface area (Å²) in [4.78, 5) is 4.53. The van der Waals surface area contributed by atoms with E-state index in [4.69, 9.17) is 4.74 Å². The second-order valence-electron chi connectivity index (χ2n) is 5.32. The van der Waals surface area contributed by atoms with Crippen molar-refractivity contribution in [3.8, 4) is 11.4 Å². The van der Waals surface area contributed by atoms with Gasteiger partial charge < -0.3 is 4.74 Å². The van der Waals surface area contributed by atoms with E-state index in [9.17, 15) is 0 Å². The number of ether oxygens (including phenoxy) is 1. The van der Waals surface area contributed by atoms with E-state index in [0.717, 1.165) is 23.1 Å². The molecule has 2 aromatic rings. The summed E-state index contributed by atoms with van der Waals surface area (Å²) in [6.07, 6.45) is 0. The lowest BCUT2D eigenvalue weighted by Crippen LogP contribution is -2.14. The maximum Gasteiger partial charge on any atom is 0.156 e. The minimum atomic E-state index is -0.0575. The number of hydrogen-bond acceptors (Lipinski definition) is 3. The van der Waals surface area contributed by atoms with Gasteiger partial charge in [0.05, 0.1) is 7.11 Å².